The number of nitrogens with zero attached hydrogens (tertiary/aromatic N) is 3. The van der Waals surface area contributed by atoms with Gasteiger partial charge >= 0.3 is 0 Å². The first-order chi connectivity index (χ1) is 11.4. The van der Waals surface area contributed by atoms with Gasteiger partial charge in [0.25, 0.3) is 11.6 Å². The van der Waals surface area contributed by atoms with Gasteiger partial charge in [-0.15, -0.1) is 0 Å². The molecule has 2 aliphatic rings. The number of nitro benzene ring substituents is 1. The molecule has 130 valence electrons. The zero-order valence-corrected chi connectivity index (χ0v) is 14.2. The molecule has 1 amide bonds. The minimum absolute atomic E-state index is 0.0128. The Bertz CT molecular complexity index is 659. The SMILES string of the molecule is Cc1ccc(C(=O)N2CCOC3(CCCN(C)C3)C2)cc1[N+](=O)[O-]. The Morgan fingerprint density at radius 3 is 2.83 bits per heavy atom. The van der Waals surface area contributed by atoms with Crippen molar-refractivity contribution in [2.24, 2.45) is 0 Å². The highest BCUT2D eigenvalue weighted by molar-refractivity contribution is 5.95. The molecule has 2 aliphatic heterocycles. The highest BCUT2D eigenvalue weighted by atomic mass is 16.6. The standard InChI is InChI=1S/C17H23N3O4/c1-13-4-5-14(10-15(13)20(22)23)16(21)19-8-9-24-17(12-19)6-3-7-18(2)11-17/h4-5,10H,3,6-9,11-12H2,1-2H3. The van der Waals surface area contributed by atoms with Gasteiger partial charge in [0.1, 0.15) is 0 Å². The molecule has 1 aromatic carbocycles. The van der Waals surface area contributed by atoms with Gasteiger partial charge in [0, 0.05) is 30.3 Å². The average Bonchev–Trinajstić information content (AvgIpc) is 2.54. The Labute approximate surface area is 141 Å². The number of carbonyl (C=O) groups is 1. The highest BCUT2D eigenvalue weighted by Gasteiger charge is 2.41. The number of ether oxygens (including phenoxy) is 1. The van der Waals surface area contributed by atoms with Crippen molar-refractivity contribution >= 4 is 11.6 Å². The van der Waals surface area contributed by atoms with E-state index in [-0.39, 0.29) is 17.2 Å². The second-order valence-electron chi connectivity index (χ2n) is 6.86. The van der Waals surface area contributed by atoms with Crippen LogP contribution in [0.15, 0.2) is 18.2 Å². The normalized spacial score (nSPS) is 25.0. The molecule has 7 nitrogen and oxygen atoms in total. The van der Waals surface area contributed by atoms with E-state index in [1.807, 2.05) is 0 Å². The van der Waals surface area contributed by atoms with Crippen LogP contribution in [0.4, 0.5) is 5.69 Å². The van der Waals surface area contributed by atoms with Gasteiger partial charge in [-0.1, -0.05) is 6.07 Å². The molecule has 0 N–H and O–H groups in total. The van der Waals surface area contributed by atoms with Crippen LogP contribution in [-0.4, -0.2) is 66.1 Å². The van der Waals surface area contributed by atoms with E-state index in [1.54, 1.807) is 24.0 Å². The maximum atomic E-state index is 12.8. The summed E-state index contributed by atoms with van der Waals surface area (Å²) in [6.07, 6.45) is 1.99. The van der Waals surface area contributed by atoms with Crippen LogP contribution in [0.3, 0.4) is 0 Å². The van der Waals surface area contributed by atoms with Gasteiger partial charge in [-0.25, -0.2) is 0 Å². The lowest BCUT2D eigenvalue weighted by Crippen LogP contribution is -2.60. The van der Waals surface area contributed by atoms with Gasteiger partial charge in [0.05, 0.1) is 23.7 Å². The van der Waals surface area contributed by atoms with Crippen molar-refractivity contribution in [3.8, 4) is 0 Å². The quantitative estimate of drug-likeness (QED) is 0.610. The second kappa shape index (κ2) is 6.49. The smallest absolute Gasteiger partial charge is 0.273 e. The van der Waals surface area contributed by atoms with Crippen molar-refractivity contribution in [3.63, 3.8) is 0 Å². The zero-order valence-electron chi connectivity index (χ0n) is 14.2. The number of hydrogen-bond donors (Lipinski definition) is 0. The van der Waals surface area contributed by atoms with Crippen molar-refractivity contribution in [1.29, 1.82) is 0 Å². The third-order valence-corrected chi connectivity index (χ3v) is 4.92. The molecule has 1 unspecified atom stereocenters. The van der Waals surface area contributed by atoms with E-state index in [1.165, 1.54) is 6.07 Å². The maximum absolute atomic E-state index is 12.8. The summed E-state index contributed by atoms with van der Waals surface area (Å²) in [7, 11) is 2.06. The third kappa shape index (κ3) is 3.27. The van der Waals surface area contributed by atoms with Crippen LogP contribution >= 0.6 is 0 Å². The molecule has 24 heavy (non-hydrogen) atoms. The van der Waals surface area contributed by atoms with Crippen LogP contribution < -0.4 is 0 Å². The second-order valence-corrected chi connectivity index (χ2v) is 6.86. The minimum atomic E-state index is -0.441. The molecular formula is C17H23N3O4. The largest absolute Gasteiger partial charge is 0.370 e. The summed E-state index contributed by atoms with van der Waals surface area (Å²) in [6, 6.07) is 4.68. The van der Waals surface area contributed by atoms with E-state index in [9.17, 15) is 14.9 Å². The molecule has 7 heteroatoms. The van der Waals surface area contributed by atoms with Crippen LogP contribution in [-0.2, 0) is 4.74 Å². The topological polar surface area (TPSA) is 75.9 Å². The van der Waals surface area contributed by atoms with Crippen LogP contribution in [0.25, 0.3) is 0 Å². The Hall–Kier alpha value is -1.99. The molecule has 3 rings (SSSR count). The summed E-state index contributed by atoms with van der Waals surface area (Å²) in [4.78, 5) is 27.5. The Balaban J connectivity index is 1.80. The number of hydrogen-bond acceptors (Lipinski definition) is 5. The number of morpholine rings is 1. The third-order valence-electron chi connectivity index (χ3n) is 4.92. The van der Waals surface area contributed by atoms with Crippen molar-refractivity contribution in [2.75, 3.05) is 39.8 Å². The van der Waals surface area contributed by atoms with Crippen molar-refractivity contribution in [3.05, 3.63) is 39.4 Å². The number of rotatable bonds is 2. The van der Waals surface area contributed by atoms with Crippen LogP contribution in [0, 0.1) is 17.0 Å². The van der Waals surface area contributed by atoms with Crippen molar-refractivity contribution in [2.45, 2.75) is 25.4 Å². The van der Waals surface area contributed by atoms with Crippen LogP contribution in [0.2, 0.25) is 0 Å². The molecule has 2 heterocycles. The summed E-state index contributed by atoms with van der Waals surface area (Å²) in [6.45, 7) is 5.10. The molecule has 2 fully saturated rings. The highest BCUT2D eigenvalue weighted by Crippen LogP contribution is 2.29. The molecule has 0 bridgehead atoms. The Kier molecular flexibility index (Phi) is 4.56. The van der Waals surface area contributed by atoms with E-state index in [4.69, 9.17) is 4.74 Å². The fraction of sp³-hybridized carbons (Fsp3) is 0.588. The lowest BCUT2D eigenvalue weighted by atomic mass is 9.90. The number of nitro groups is 1. The Morgan fingerprint density at radius 2 is 2.12 bits per heavy atom. The molecule has 0 radical (unpaired) electrons. The predicted molar refractivity (Wildman–Crippen MR) is 89.2 cm³/mol. The maximum Gasteiger partial charge on any atom is 0.273 e. The van der Waals surface area contributed by atoms with Crippen molar-refractivity contribution < 1.29 is 14.5 Å². The lowest BCUT2D eigenvalue weighted by molar-refractivity contribution is -0.385. The van der Waals surface area contributed by atoms with E-state index < -0.39 is 4.92 Å². The number of amides is 1. The number of carbonyl (C=O) groups excluding carboxylic acids is 1. The van der Waals surface area contributed by atoms with Gasteiger partial charge < -0.3 is 14.5 Å². The lowest BCUT2D eigenvalue weighted by Gasteiger charge is -2.47. The number of likely N-dealkylation sites (tertiary alicyclic amines) is 1. The molecule has 0 saturated carbocycles. The van der Waals surface area contributed by atoms with E-state index >= 15 is 0 Å². The zero-order chi connectivity index (χ0) is 17.3. The fourth-order valence-electron chi connectivity index (χ4n) is 3.71. The molecular weight excluding hydrogens is 310 g/mol. The van der Waals surface area contributed by atoms with E-state index in [0.29, 0.717) is 30.8 Å². The molecule has 0 aromatic heterocycles. The Morgan fingerprint density at radius 1 is 1.33 bits per heavy atom. The van der Waals surface area contributed by atoms with Gasteiger partial charge in [-0.3, -0.25) is 14.9 Å². The first-order valence-electron chi connectivity index (χ1n) is 8.27. The van der Waals surface area contributed by atoms with Gasteiger partial charge in [0.15, 0.2) is 0 Å². The van der Waals surface area contributed by atoms with Gasteiger partial charge in [0.2, 0.25) is 0 Å². The number of aryl methyl sites for hydroxylation is 1. The summed E-state index contributed by atoms with van der Waals surface area (Å²) in [5.74, 6) is -0.158. The first-order valence-corrected chi connectivity index (χ1v) is 8.27. The molecule has 1 spiro atoms. The number of benzene rings is 1. The summed E-state index contributed by atoms with van der Waals surface area (Å²) < 4.78 is 6.03. The molecule has 0 aliphatic carbocycles. The molecule has 2 saturated heterocycles. The molecule has 1 aromatic rings. The van der Waals surface area contributed by atoms with Crippen LogP contribution in [0.5, 0.6) is 0 Å². The fourth-order valence-corrected chi connectivity index (χ4v) is 3.71. The number of likely N-dealkylation sites (N-methyl/N-ethyl adjacent to an activating group) is 1. The summed E-state index contributed by atoms with van der Waals surface area (Å²) >= 11 is 0. The van der Waals surface area contributed by atoms with Gasteiger partial charge in [-0.05, 0) is 39.4 Å². The van der Waals surface area contributed by atoms with E-state index in [0.717, 1.165) is 25.9 Å². The summed E-state index contributed by atoms with van der Waals surface area (Å²) in [5, 5.41) is 11.1. The average molecular weight is 333 g/mol. The van der Waals surface area contributed by atoms with Crippen LogP contribution in [0.1, 0.15) is 28.8 Å². The monoisotopic (exact) mass is 333 g/mol. The number of piperidine rings is 1. The van der Waals surface area contributed by atoms with Crippen molar-refractivity contribution in [1.82, 2.24) is 9.80 Å². The van der Waals surface area contributed by atoms with E-state index in [2.05, 4.69) is 11.9 Å². The molecule has 1 atom stereocenters. The summed E-state index contributed by atoms with van der Waals surface area (Å²) in [5.41, 5.74) is 0.607. The minimum Gasteiger partial charge on any atom is -0.370 e. The van der Waals surface area contributed by atoms with Gasteiger partial charge in [-0.2, -0.15) is 0 Å². The predicted octanol–water partition coefficient (Wildman–Crippen LogP) is 1.84. The first kappa shape index (κ1) is 16.9.